The summed E-state index contributed by atoms with van der Waals surface area (Å²) in [5, 5.41) is 7.82. The summed E-state index contributed by atoms with van der Waals surface area (Å²) in [7, 11) is 0. The topological polar surface area (TPSA) is 72.5 Å². The van der Waals surface area contributed by atoms with Gasteiger partial charge in [-0.05, 0) is 50.3 Å². The highest BCUT2D eigenvalue weighted by atomic mass is 127. The molecule has 29 heavy (non-hydrogen) atoms. The van der Waals surface area contributed by atoms with Gasteiger partial charge < -0.3 is 20.5 Å². The number of hydrogen-bond acceptors (Lipinski definition) is 2. The maximum atomic E-state index is 11.8. The first-order valence-electron chi connectivity index (χ1n) is 10.5. The van der Waals surface area contributed by atoms with Gasteiger partial charge in [0.2, 0.25) is 5.91 Å². The molecule has 2 aliphatic rings. The molecule has 1 aromatic heterocycles. The zero-order valence-electron chi connectivity index (χ0n) is 17.4. The number of aromatic nitrogens is 1. The fraction of sp³-hybridized carbons (Fsp3) is 0.545. The summed E-state index contributed by atoms with van der Waals surface area (Å²) in [5.74, 6) is 1.18. The van der Waals surface area contributed by atoms with Gasteiger partial charge in [0.25, 0.3) is 0 Å². The van der Waals surface area contributed by atoms with Crippen molar-refractivity contribution in [3.8, 4) is 0 Å². The molecule has 2 aromatic rings. The van der Waals surface area contributed by atoms with Gasteiger partial charge >= 0.3 is 0 Å². The number of piperidine rings is 1. The quantitative estimate of drug-likeness (QED) is 0.337. The van der Waals surface area contributed by atoms with E-state index in [4.69, 9.17) is 4.99 Å². The van der Waals surface area contributed by atoms with E-state index in [1.54, 1.807) is 0 Å². The van der Waals surface area contributed by atoms with E-state index in [0.717, 1.165) is 57.9 Å². The lowest BCUT2D eigenvalue weighted by Gasteiger charge is -2.40. The summed E-state index contributed by atoms with van der Waals surface area (Å²) in [6.45, 7) is 8.60. The van der Waals surface area contributed by atoms with Crippen LogP contribution in [0, 0.1) is 12.3 Å². The molecule has 6 nitrogen and oxygen atoms in total. The summed E-state index contributed by atoms with van der Waals surface area (Å²) >= 11 is 0. The van der Waals surface area contributed by atoms with Crippen molar-refractivity contribution in [2.75, 3.05) is 32.7 Å². The van der Waals surface area contributed by atoms with E-state index in [2.05, 4.69) is 58.8 Å². The van der Waals surface area contributed by atoms with Crippen LogP contribution in [0.5, 0.6) is 0 Å². The second kappa shape index (κ2) is 9.36. The average Bonchev–Trinajstić information content (AvgIpc) is 3.26. The van der Waals surface area contributed by atoms with Crippen LogP contribution in [0.3, 0.4) is 0 Å². The fourth-order valence-electron chi connectivity index (χ4n) is 4.79. The monoisotopic (exact) mass is 509 g/mol. The maximum absolute atomic E-state index is 11.8. The highest BCUT2D eigenvalue weighted by Crippen LogP contribution is 2.36. The van der Waals surface area contributed by atoms with Crippen LogP contribution in [-0.4, -0.2) is 54.5 Å². The van der Waals surface area contributed by atoms with Gasteiger partial charge in [0.05, 0.1) is 0 Å². The van der Waals surface area contributed by atoms with Gasteiger partial charge in [-0.3, -0.25) is 9.79 Å². The van der Waals surface area contributed by atoms with Crippen molar-refractivity contribution >= 4 is 46.7 Å². The summed E-state index contributed by atoms with van der Waals surface area (Å²) in [5.41, 5.74) is 3.91. The van der Waals surface area contributed by atoms with E-state index in [1.165, 1.54) is 22.0 Å². The standard InChI is InChI=1S/C22H31N5O.HI/c1-3-23-21(27-11-5-9-22(15-27)12-19(28)26-14-22)24-10-8-17-13-25-18-7-4-6-16(2)20(17)18;/h4,6-7,13,25H,3,5,8-12,14-15H2,1-2H3,(H,23,24)(H,26,28);1H. The van der Waals surface area contributed by atoms with Crippen LogP contribution in [0.1, 0.15) is 37.3 Å². The zero-order chi connectivity index (χ0) is 19.6. The van der Waals surface area contributed by atoms with E-state index in [-0.39, 0.29) is 35.3 Å². The fourth-order valence-corrected chi connectivity index (χ4v) is 4.79. The minimum Gasteiger partial charge on any atom is -0.361 e. The van der Waals surface area contributed by atoms with Gasteiger partial charge in [0, 0.05) is 61.7 Å². The molecule has 2 aliphatic heterocycles. The summed E-state index contributed by atoms with van der Waals surface area (Å²) < 4.78 is 0. The highest BCUT2D eigenvalue weighted by molar-refractivity contribution is 14.0. The number of aryl methyl sites for hydroxylation is 1. The number of carbonyl (C=O) groups is 1. The third-order valence-corrected chi connectivity index (χ3v) is 6.13. The molecule has 1 amide bonds. The summed E-state index contributed by atoms with van der Waals surface area (Å²) in [6.07, 6.45) is 5.92. The molecule has 7 heteroatoms. The molecule has 0 bridgehead atoms. The van der Waals surface area contributed by atoms with Crippen molar-refractivity contribution in [3.63, 3.8) is 0 Å². The lowest BCUT2D eigenvalue weighted by molar-refractivity contribution is -0.119. The number of H-pyrrole nitrogens is 1. The number of hydrogen-bond donors (Lipinski definition) is 3. The number of nitrogens with one attached hydrogen (secondary N) is 3. The van der Waals surface area contributed by atoms with Gasteiger partial charge in [0.15, 0.2) is 5.96 Å². The van der Waals surface area contributed by atoms with Gasteiger partial charge in [-0.25, -0.2) is 0 Å². The maximum Gasteiger partial charge on any atom is 0.220 e. The second-order valence-electron chi connectivity index (χ2n) is 8.28. The minimum absolute atomic E-state index is 0. The largest absolute Gasteiger partial charge is 0.361 e. The lowest BCUT2D eigenvalue weighted by Crippen LogP contribution is -2.51. The number of aliphatic imine (C=N–C) groups is 1. The number of halogens is 1. The van der Waals surface area contributed by atoms with Gasteiger partial charge in [0.1, 0.15) is 0 Å². The van der Waals surface area contributed by atoms with Crippen LogP contribution >= 0.6 is 24.0 Å². The number of benzene rings is 1. The summed E-state index contributed by atoms with van der Waals surface area (Å²) in [6, 6.07) is 6.38. The van der Waals surface area contributed by atoms with Crippen LogP contribution in [0.2, 0.25) is 0 Å². The molecule has 0 saturated carbocycles. The van der Waals surface area contributed by atoms with Crippen molar-refractivity contribution in [1.29, 1.82) is 0 Å². The first kappa shape index (κ1) is 21.9. The van der Waals surface area contributed by atoms with E-state index in [0.29, 0.717) is 6.42 Å². The Hall–Kier alpha value is -1.77. The number of carbonyl (C=O) groups excluding carboxylic acids is 1. The lowest BCUT2D eigenvalue weighted by atomic mass is 9.79. The molecule has 2 saturated heterocycles. The molecule has 3 N–H and O–H groups in total. The zero-order valence-corrected chi connectivity index (χ0v) is 19.7. The minimum atomic E-state index is 0. The van der Waals surface area contributed by atoms with E-state index in [9.17, 15) is 4.79 Å². The number of aromatic amines is 1. The van der Waals surface area contributed by atoms with Crippen molar-refractivity contribution in [2.45, 2.75) is 39.5 Å². The number of guanidine groups is 1. The molecule has 1 spiro atoms. The molecule has 1 unspecified atom stereocenters. The van der Waals surface area contributed by atoms with Crippen LogP contribution in [0.4, 0.5) is 0 Å². The van der Waals surface area contributed by atoms with Crippen LogP contribution in [0.25, 0.3) is 10.9 Å². The summed E-state index contributed by atoms with van der Waals surface area (Å²) in [4.78, 5) is 22.4. The third kappa shape index (κ3) is 4.70. The van der Waals surface area contributed by atoms with Gasteiger partial charge in [-0.2, -0.15) is 0 Å². The highest BCUT2D eigenvalue weighted by Gasteiger charge is 2.42. The van der Waals surface area contributed by atoms with E-state index >= 15 is 0 Å². The van der Waals surface area contributed by atoms with Crippen LogP contribution in [-0.2, 0) is 11.2 Å². The van der Waals surface area contributed by atoms with E-state index < -0.39 is 0 Å². The molecule has 1 atom stereocenters. The molecular formula is C22H32IN5O. The molecule has 4 rings (SSSR count). The molecule has 0 aliphatic carbocycles. The van der Waals surface area contributed by atoms with Crippen molar-refractivity contribution in [1.82, 2.24) is 20.5 Å². The Morgan fingerprint density at radius 3 is 3.00 bits per heavy atom. The van der Waals surface area contributed by atoms with Crippen LogP contribution < -0.4 is 10.6 Å². The molecule has 158 valence electrons. The predicted octanol–water partition coefficient (Wildman–Crippen LogP) is 3.20. The normalized spacial score (nSPS) is 22.1. The van der Waals surface area contributed by atoms with Crippen molar-refractivity contribution in [3.05, 3.63) is 35.5 Å². The Morgan fingerprint density at radius 1 is 1.38 bits per heavy atom. The number of nitrogens with zero attached hydrogens (tertiary/aromatic N) is 2. The first-order chi connectivity index (χ1) is 13.6. The SMILES string of the molecule is CCNC(=NCCc1c[nH]c2cccc(C)c12)N1CCCC2(CNC(=O)C2)C1.I. The Bertz CT molecular complexity index is 892. The van der Waals surface area contributed by atoms with E-state index in [1.807, 2.05) is 0 Å². The van der Waals surface area contributed by atoms with Crippen molar-refractivity contribution in [2.24, 2.45) is 10.4 Å². The molecule has 2 fully saturated rings. The molecule has 3 heterocycles. The Labute approximate surface area is 189 Å². The van der Waals surface area contributed by atoms with Crippen LogP contribution in [0.15, 0.2) is 29.4 Å². The number of fused-ring (bicyclic) bond motifs is 1. The number of amides is 1. The molecule has 1 aromatic carbocycles. The Kier molecular flexibility index (Phi) is 7.08. The third-order valence-electron chi connectivity index (χ3n) is 6.13. The number of rotatable bonds is 4. The average molecular weight is 509 g/mol. The Morgan fingerprint density at radius 2 is 2.24 bits per heavy atom. The Balaban J connectivity index is 0.00000240. The predicted molar refractivity (Wildman–Crippen MR) is 129 cm³/mol. The van der Waals surface area contributed by atoms with Gasteiger partial charge in [-0.1, -0.05) is 12.1 Å². The van der Waals surface area contributed by atoms with Crippen molar-refractivity contribution < 1.29 is 4.79 Å². The second-order valence-corrected chi connectivity index (χ2v) is 8.28. The first-order valence-corrected chi connectivity index (χ1v) is 10.5. The molecular weight excluding hydrogens is 477 g/mol. The smallest absolute Gasteiger partial charge is 0.220 e. The number of likely N-dealkylation sites (tertiary alicyclic amines) is 1. The van der Waals surface area contributed by atoms with Gasteiger partial charge in [-0.15, -0.1) is 24.0 Å². The molecule has 0 radical (unpaired) electrons.